The van der Waals surface area contributed by atoms with Gasteiger partial charge in [-0.3, -0.25) is 19.2 Å². The van der Waals surface area contributed by atoms with E-state index in [-0.39, 0.29) is 29.6 Å². The fourth-order valence-corrected chi connectivity index (χ4v) is 13.2. The number of carbonyl (C=O) groups excluding carboxylic acids is 4. The number of ether oxygens (including phenoxy) is 7. The lowest BCUT2D eigenvalue weighted by Crippen LogP contribution is -2.67. The van der Waals surface area contributed by atoms with Crippen molar-refractivity contribution < 1.29 is 52.3 Å². The number of benzene rings is 1. The van der Waals surface area contributed by atoms with Crippen molar-refractivity contribution in [3.63, 3.8) is 0 Å². The number of hydrogen-bond acceptors (Lipinski definition) is 11. The summed E-state index contributed by atoms with van der Waals surface area (Å²) in [5, 5.41) is 2.97. The summed E-state index contributed by atoms with van der Waals surface area (Å²) in [6, 6.07) is 6.66. The molecule has 3 saturated carbocycles. The number of aryl methyl sites for hydroxylation is 1. The molecule has 0 unspecified atom stereocenters. The Bertz CT molecular complexity index is 1890. The van der Waals surface area contributed by atoms with Gasteiger partial charge in [0.25, 0.3) is 0 Å². The molecule has 6 fully saturated rings. The van der Waals surface area contributed by atoms with Gasteiger partial charge in [-0.1, -0.05) is 69.2 Å². The third-order valence-electron chi connectivity index (χ3n) is 16.2. The Morgan fingerprint density at radius 2 is 1.64 bits per heavy atom. The van der Waals surface area contributed by atoms with E-state index < -0.39 is 60.2 Å². The van der Waals surface area contributed by atoms with Crippen molar-refractivity contribution in [2.24, 2.45) is 46.3 Å². The summed E-state index contributed by atoms with van der Waals surface area (Å²) in [5.74, 6) is 0.479. The van der Waals surface area contributed by atoms with Gasteiger partial charge in [-0.05, 0) is 110 Å². The van der Waals surface area contributed by atoms with Crippen molar-refractivity contribution >= 4 is 29.9 Å². The maximum atomic E-state index is 13.6. The van der Waals surface area contributed by atoms with Crippen LogP contribution in [-0.2, 0) is 52.3 Å². The maximum absolute atomic E-state index is 13.6. The van der Waals surface area contributed by atoms with Gasteiger partial charge in [-0.15, -0.1) is 0 Å². The van der Waals surface area contributed by atoms with Crippen LogP contribution >= 0.6 is 0 Å². The second-order valence-electron chi connectivity index (χ2n) is 20.0. The summed E-state index contributed by atoms with van der Waals surface area (Å²) in [6.45, 7) is 16.0. The summed E-state index contributed by atoms with van der Waals surface area (Å²) in [7, 11) is 0. The SMILES string of the molecule is CC(=O)OC[C@H]1O[C@@H](O[C@H]2CC[C@@]3(C)C(=CC[C@H]4[C@@H]5C[C@@H]6O[C@]7(CC[C@@H](C)CO7)[C@@H](C)[C@@H]6[C@@]5(C)CC[C@@H]43)C2)[C@H](NC(=O)/C=C/c2ccc(C)cc2)[C@@H](OC(C)=O)[C@@H]1OC(C)=O. The second-order valence-corrected chi connectivity index (χ2v) is 20.0. The van der Waals surface area contributed by atoms with E-state index in [1.54, 1.807) is 6.08 Å². The summed E-state index contributed by atoms with van der Waals surface area (Å²) in [4.78, 5) is 50.7. The average molecular weight is 846 g/mol. The minimum Gasteiger partial charge on any atom is -0.463 e. The Hall–Kier alpha value is -3.58. The smallest absolute Gasteiger partial charge is 0.303 e. The van der Waals surface area contributed by atoms with E-state index in [0.29, 0.717) is 41.9 Å². The van der Waals surface area contributed by atoms with E-state index in [4.69, 9.17) is 33.2 Å². The first-order chi connectivity index (χ1) is 29.0. The highest BCUT2D eigenvalue weighted by Gasteiger charge is 2.68. The molecule has 1 spiro atoms. The third kappa shape index (κ3) is 8.47. The zero-order chi connectivity index (χ0) is 43.4. The molecule has 4 aliphatic carbocycles. The molecule has 3 heterocycles. The van der Waals surface area contributed by atoms with Gasteiger partial charge < -0.3 is 38.5 Å². The van der Waals surface area contributed by atoms with Gasteiger partial charge in [0.2, 0.25) is 5.91 Å². The Labute approximate surface area is 361 Å². The highest BCUT2D eigenvalue weighted by atomic mass is 16.7. The second kappa shape index (κ2) is 17.2. The van der Waals surface area contributed by atoms with Crippen LogP contribution in [0.15, 0.2) is 42.0 Å². The summed E-state index contributed by atoms with van der Waals surface area (Å²) in [6.07, 6.45) is 10.0. The molecule has 1 amide bonds. The molecule has 1 N–H and O–H groups in total. The summed E-state index contributed by atoms with van der Waals surface area (Å²) < 4.78 is 43.8. The highest BCUT2D eigenvalue weighted by Crippen LogP contribution is 2.70. The lowest BCUT2D eigenvalue weighted by molar-refractivity contribution is -0.289. The van der Waals surface area contributed by atoms with Crippen LogP contribution in [0.3, 0.4) is 0 Å². The minimum atomic E-state index is -1.21. The highest BCUT2D eigenvalue weighted by molar-refractivity contribution is 5.92. The molecular weight excluding hydrogens is 779 g/mol. The van der Waals surface area contributed by atoms with Crippen molar-refractivity contribution in [2.45, 2.75) is 162 Å². The predicted molar refractivity (Wildman–Crippen MR) is 225 cm³/mol. The Balaban J connectivity index is 1.01. The van der Waals surface area contributed by atoms with Gasteiger partial charge in [-0.2, -0.15) is 0 Å². The lowest BCUT2D eigenvalue weighted by atomic mass is 9.47. The lowest BCUT2D eigenvalue weighted by Gasteiger charge is -2.58. The zero-order valence-electron chi connectivity index (χ0n) is 37.3. The van der Waals surface area contributed by atoms with E-state index in [0.717, 1.165) is 56.3 Å². The first-order valence-corrected chi connectivity index (χ1v) is 22.8. The van der Waals surface area contributed by atoms with Crippen LogP contribution in [0.1, 0.15) is 117 Å². The van der Waals surface area contributed by atoms with Crippen LogP contribution < -0.4 is 5.32 Å². The Morgan fingerprint density at radius 3 is 2.33 bits per heavy atom. The molecule has 8 rings (SSSR count). The molecule has 3 saturated heterocycles. The average Bonchev–Trinajstić information content (AvgIpc) is 3.65. The molecule has 12 nitrogen and oxygen atoms in total. The van der Waals surface area contributed by atoms with Crippen LogP contribution in [0.4, 0.5) is 0 Å². The fraction of sp³-hybridized carbons (Fsp3) is 0.714. The van der Waals surface area contributed by atoms with Crippen LogP contribution in [0, 0.1) is 53.3 Å². The van der Waals surface area contributed by atoms with Gasteiger partial charge in [-0.25, -0.2) is 0 Å². The van der Waals surface area contributed by atoms with E-state index in [1.807, 2.05) is 31.2 Å². The largest absolute Gasteiger partial charge is 0.463 e. The molecule has 12 heteroatoms. The molecule has 61 heavy (non-hydrogen) atoms. The van der Waals surface area contributed by atoms with Crippen molar-refractivity contribution in [3.8, 4) is 0 Å². The van der Waals surface area contributed by atoms with Crippen LogP contribution in [0.2, 0.25) is 0 Å². The van der Waals surface area contributed by atoms with Crippen LogP contribution in [0.25, 0.3) is 6.08 Å². The molecule has 7 aliphatic rings. The minimum absolute atomic E-state index is 0.0263. The number of rotatable bonds is 9. The number of hydrogen-bond donors (Lipinski definition) is 1. The normalized spacial score (nSPS) is 42.7. The quantitative estimate of drug-likeness (QED) is 0.115. The fourth-order valence-electron chi connectivity index (χ4n) is 13.2. The third-order valence-corrected chi connectivity index (χ3v) is 16.2. The van der Waals surface area contributed by atoms with Gasteiger partial charge in [0, 0.05) is 39.2 Å². The summed E-state index contributed by atoms with van der Waals surface area (Å²) >= 11 is 0. The molecule has 0 bridgehead atoms. The van der Waals surface area contributed by atoms with Crippen molar-refractivity contribution in [2.75, 3.05) is 13.2 Å². The van der Waals surface area contributed by atoms with E-state index >= 15 is 0 Å². The monoisotopic (exact) mass is 845 g/mol. The van der Waals surface area contributed by atoms with E-state index in [1.165, 1.54) is 45.3 Å². The van der Waals surface area contributed by atoms with E-state index in [2.05, 4.69) is 39.1 Å². The van der Waals surface area contributed by atoms with E-state index in [9.17, 15) is 19.2 Å². The molecule has 3 aliphatic heterocycles. The molecular formula is C49H67NO11. The van der Waals surface area contributed by atoms with Gasteiger partial charge >= 0.3 is 17.9 Å². The van der Waals surface area contributed by atoms with Crippen LogP contribution in [0.5, 0.6) is 0 Å². The molecule has 0 aromatic heterocycles. The predicted octanol–water partition coefficient (Wildman–Crippen LogP) is 7.40. The zero-order valence-corrected chi connectivity index (χ0v) is 37.3. The number of esters is 3. The maximum Gasteiger partial charge on any atom is 0.303 e. The topological polar surface area (TPSA) is 145 Å². The number of fused-ring (bicyclic) bond motifs is 7. The Morgan fingerprint density at radius 1 is 0.902 bits per heavy atom. The van der Waals surface area contributed by atoms with Crippen LogP contribution in [-0.4, -0.2) is 85.7 Å². The molecule has 1 aromatic rings. The van der Waals surface area contributed by atoms with Gasteiger partial charge in [0.15, 0.2) is 24.3 Å². The standard InChI is InChI=1S/C49H67NO11/c1-27-9-11-33(12-10-27)13-16-41(54)50-43-45(58-32(6)53)44(57-31(5)52)40(26-55-30(4)51)60-46(43)59-35-18-20-47(7)34(23-35)14-15-36-37(47)19-21-48(8)38(36)24-39-42(48)29(3)49(61-39)22-17-28(2)25-56-49/h9-14,16,28-29,35-40,42-46H,15,17-26H2,1-8H3,(H,50,54)/b16-13+/t28-,29+,35+,36-,37+,38+,39+,40-,42+,43-,44-,45-,46-,47+,48+,49-/m1/s1. The molecule has 16 atom stereocenters. The van der Waals surface area contributed by atoms with Gasteiger partial charge in [0.1, 0.15) is 18.8 Å². The first-order valence-electron chi connectivity index (χ1n) is 22.8. The number of amides is 1. The Kier molecular flexibility index (Phi) is 12.4. The van der Waals surface area contributed by atoms with Crippen molar-refractivity contribution in [1.82, 2.24) is 5.32 Å². The summed E-state index contributed by atoms with van der Waals surface area (Å²) in [5.41, 5.74) is 3.58. The number of nitrogens with one attached hydrogen (secondary N) is 1. The molecule has 0 radical (unpaired) electrons. The molecule has 1 aromatic carbocycles. The van der Waals surface area contributed by atoms with Gasteiger partial charge in [0.05, 0.1) is 18.8 Å². The van der Waals surface area contributed by atoms with Crippen molar-refractivity contribution in [1.29, 1.82) is 0 Å². The molecule has 334 valence electrons. The first kappa shape index (κ1) is 44.0. The van der Waals surface area contributed by atoms with Crippen molar-refractivity contribution in [3.05, 3.63) is 53.1 Å². The number of carbonyl (C=O) groups is 4. The number of allylic oxidation sites excluding steroid dienone is 1.